The van der Waals surface area contributed by atoms with Crippen LogP contribution in [0.2, 0.25) is 10.0 Å². The molecule has 0 amide bonds. The molecule has 0 aliphatic carbocycles. The predicted octanol–water partition coefficient (Wildman–Crippen LogP) is 7.63. The van der Waals surface area contributed by atoms with Crippen molar-refractivity contribution >= 4 is 23.2 Å². The smallest absolute Gasteiger partial charge is 0.231 e. The summed E-state index contributed by atoms with van der Waals surface area (Å²) >= 11 is 12.6. The molecule has 4 aromatic rings. The van der Waals surface area contributed by atoms with Gasteiger partial charge in [0.15, 0.2) is 11.5 Å². The van der Waals surface area contributed by atoms with E-state index in [1.807, 2.05) is 36.5 Å². The fraction of sp³-hybridized carbons (Fsp3) is 0.300. The van der Waals surface area contributed by atoms with Gasteiger partial charge in [-0.2, -0.15) is 0 Å². The second kappa shape index (κ2) is 12.0. The molecule has 0 radical (unpaired) electrons. The molecule has 1 aliphatic heterocycles. The third-order valence-electron chi connectivity index (χ3n) is 6.65. The van der Waals surface area contributed by atoms with Crippen molar-refractivity contribution in [1.29, 1.82) is 0 Å². The zero-order valence-corrected chi connectivity index (χ0v) is 22.5. The maximum Gasteiger partial charge on any atom is 0.231 e. The summed E-state index contributed by atoms with van der Waals surface area (Å²) in [7, 11) is 0. The topological polar surface area (TPSA) is 39.5 Å². The molecule has 0 bridgehead atoms. The summed E-state index contributed by atoms with van der Waals surface area (Å²) in [6.45, 7) is 5.80. The first-order valence-electron chi connectivity index (χ1n) is 12.8. The standard InChI is InChI=1S/C30H31Cl2N3O2/c1-2-3-14-35-26(18-33-30(35)24-7-5-4-6-8-24)20-34(15-13-23-10-11-25(31)17-27(23)32)19-22-9-12-28-29(16-22)37-21-36-28/h4-12,16-18H,2-3,13-15,19-21H2,1H3. The first kappa shape index (κ1) is 25.7. The minimum absolute atomic E-state index is 0.274. The SMILES string of the molecule is CCCCn1c(CN(CCc2ccc(Cl)cc2Cl)Cc2ccc3c(c2)OCO3)cnc1-c1ccccc1. The average Bonchev–Trinajstić information content (AvgIpc) is 3.54. The number of rotatable bonds is 11. The Kier molecular flexibility index (Phi) is 8.34. The van der Waals surface area contributed by atoms with E-state index in [0.29, 0.717) is 10.0 Å². The lowest BCUT2D eigenvalue weighted by atomic mass is 10.1. The molecule has 192 valence electrons. The van der Waals surface area contributed by atoms with E-state index < -0.39 is 0 Å². The lowest BCUT2D eigenvalue weighted by molar-refractivity contribution is 0.174. The summed E-state index contributed by atoms with van der Waals surface area (Å²) < 4.78 is 13.5. The number of nitrogens with zero attached hydrogens (tertiary/aromatic N) is 3. The maximum absolute atomic E-state index is 6.50. The van der Waals surface area contributed by atoms with E-state index in [0.717, 1.165) is 73.9 Å². The van der Waals surface area contributed by atoms with E-state index in [1.54, 1.807) is 0 Å². The normalized spacial score (nSPS) is 12.4. The Balaban J connectivity index is 1.41. The molecule has 5 rings (SSSR count). The van der Waals surface area contributed by atoms with Crippen LogP contribution in [0.15, 0.2) is 72.9 Å². The Labute approximate surface area is 228 Å². The van der Waals surface area contributed by atoms with Gasteiger partial charge < -0.3 is 14.0 Å². The number of hydrogen-bond donors (Lipinski definition) is 0. The number of unbranched alkanes of at least 4 members (excludes halogenated alkanes) is 1. The third-order valence-corrected chi connectivity index (χ3v) is 7.23. The van der Waals surface area contributed by atoms with Crippen molar-refractivity contribution in [2.45, 2.75) is 45.8 Å². The molecular formula is C30H31Cl2N3O2. The molecule has 0 spiro atoms. The van der Waals surface area contributed by atoms with Gasteiger partial charge in [0.25, 0.3) is 0 Å². The number of fused-ring (bicyclic) bond motifs is 1. The Morgan fingerprint density at radius 2 is 1.78 bits per heavy atom. The summed E-state index contributed by atoms with van der Waals surface area (Å²) in [4.78, 5) is 7.29. The van der Waals surface area contributed by atoms with Gasteiger partial charge in [0, 0.05) is 41.8 Å². The molecule has 3 aromatic carbocycles. The van der Waals surface area contributed by atoms with Crippen LogP contribution in [0.25, 0.3) is 11.4 Å². The van der Waals surface area contributed by atoms with Crippen molar-refractivity contribution in [2.75, 3.05) is 13.3 Å². The third kappa shape index (κ3) is 6.30. The minimum Gasteiger partial charge on any atom is -0.454 e. The zero-order chi connectivity index (χ0) is 25.6. The Morgan fingerprint density at radius 3 is 2.59 bits per heavy atom. The number of ether oxygens (including phenoxy) is 2. The fourth-order valence-electron chi connectivity index (χ4n) is 4.66. The summed E-state index contributed by atoms with van der Waals surface area (Å²) in [6, 6.07) is 22.3. The zero-order valence-electron chi connectivity index (χ0n) is 21.0. The van der Waals surface area contributed by atoms with E-state index in [-0.39, 0.29) is 6.79 Å². The molecule has 1 aliphatic rings. The molecule has 0 N–H and O–H groups in total. The van der Waals surface area contributed by atoms with Gasteiger partial charge in [-0.25, -0.2) is 4.98 Å². The van der Waals surface area contributed by atoms with Crippen LogP contribution in [0, 0.1) is 0 Å². The molecule has 0 saturated carbocycles. The largest absolute Gasteiger partial charge is 0.454 e. The van der Waals surface area contributed by atoms with Crippen LogP contribution in [-0.2, 0) is 26.1 Å². The monoisotopic (exact) mass is 535 g/mol. The maximum atomic E-state index is 6.50. The summed E-state index contributed by atoms with van der Waals surface area (Å²) in [5, 5.41) is 1.36. The van der Waals surface area contributed by atoms with Crippen LogP contribution in [-0.4, -0.2) is 27.8 Å². The van der Waals surface area contributed by atoms with Crippen molar-refractivity contribution in [3.63, 3.8) is 0 Å². The Bertz CT molecular complexity index is 1340. The molecule has 2 heterocycles. The number of aromatic nitrogens is 2. The molecule has 7 heteroatoms. The van der Waals surface area contributed by atoms with E-state index in [1.165, 1.54) is 11.3 Å². The lowest BCUT2D eigenvalue weighted by Gasteiger charge is -2.24. The second-order valence-electron chi connectivity index (χ2n) is 9.33. The van der Waals surface area contributed by atoms with Crippen LogP contribution in [0.1, 0.15) is 36.6 Å². The van der Waals surface area contributed by atoms with Gasteiger partial charge in [-0.05, 0) is 48.2 Å². The lowest BCUT2D eigenvalue weighted by Crippen LogP contribution is -2.27. The van der Waals surface area contributed by atoms with Gasteiger partial charge in [-0.3, -0.25) is 4.90 Å². The second-order valence-corrected chi connectivity index (χ2v) is 10.2. The van der Waals surface area contributed by atoms with Crippen LogP contribution >= 0.6 is 23.2 Å². The quantitative estimate of drug-likeness (QED) is 0.198. The van der Waals surface area contributed by atoms with Crippen LogP contribution in [0.3, 0.4) is 0 Å². The molecule has 0 saturated heterocycles. The van der Waals surface area contributed by atoms with Gasteiger partial charge in [-0.15, -0.1) is 0 Å². The highest BCUT2D eigenvalue weighted by molar-refractivity contribution is 6.35. The number of benzene rings is 3. The predicted molar refractivity (Wildman–Crippen MR) is 149 cm³/mol. The van der Waals surface area contributed by atoms with E-state index >= 15 is 0 Å². The van der Waals surface area contributed by atoms with Gasteiger partial charge in [-0.1, -0.05) is 79.0 Å². The van der Waals surface area contributed by atoms with Crippen molar-refractivity contribution in [1.82, 2.24) is 14.5 Å². The van der Waals surface area contributed by atoms with E-state index in [9.17, 15) is 0 Å². The first-order valence-corrected chi connectivity index (χ1v) is 13.5. The highest BCUT2D eigenvalue weighted by Gasteiger charge is 2.18. The Hall–Kier alpha value is -2.99. The molecule has 37 heavy (non-hydrogen) atoms. The molecular weight excluding hydrogens is 505 g/mol. The van der Waals surface area contributed by atoms with Gasteiger partial charge in [0.1, 0.15) is 5.82 Å². The molecule has 1 aromatic heterocycles. The first-order chi connectivity index (χ1) is 18.1. The van der Waals surface area contributed by atoms with Crippen molar-refractivity contribution in [3.8, 4) is 22.9 Å². The highest BCUT2D eigenvalue weighted by atomic mass is 35.5. The van der Waals surface area contributed by atoms with Crippen LogP contribution in [0.4, 0.5) is 0 Å². The van der Waals surface area contributed by atoms with Crippen LogP contribution in [0.5, 0.6) is 11.5 Å². The Morgan fingerprint density at radius 1 is 0.946 bits per heavy atom. The van der Waals surface area contributed by atoms with E-state index in [4.69, 9.17) is 37.7 Å². The van der Waals surface area contributed by atoms with Crippen molar-refractivity contribution in [2.24, 2.45) is 0 Å². The highest BCUT2D eigenvalue weighted by Crippen LogP contribution is 2.33. The summed E-state index contributed by atoms with van der Waals surface area (Å²) in [5.41, 5.74) is 4.61. The minimum atomic E-state index is 0.274. The van der Waals surface area contributed by atoms with Crippen LogP contribution < -0.4 is 9.47 Å². The fourth-order valence-corrected chi connectivity index (χ4v) is 5.17. The van der Waals surface area contributed by atoms with Gasteiger partial charge in [0.2, 0.25) is 6.79 Å². The molecule has 0 fully saturated rings. The van der Waals surface area contributed by atoms with Gasteiger partial charge in [0.05, 0.1) is 11.9 Å². The van der Waals surface area contributed by atoms with Gasteiger partial charge >= 0.3 is 0 Å². The number of halogens is 2. The van der Waals surface area contributed by atoms with Crippen molar-refractivity contribution in [3.05, 3.63) is 99.8 Å². The summed E-state index contributed by atoms with van der Waals surface area (Å²) in [6.07, 6.45) is 5.07. The summed E-state index contributed by atoms with van der Waals surface area (Å²) in [5.74, 6) is 2.62. The average molecular weight is 537 g/mol. The number of hydrogen-bond acceptors (Lipinski definition) is 4. The molecule has 0 atom stereocenters. The molecule has 0 unspecified atom stereocenters. The van der Waals surface area contributed by atoms with Crippen molar-refractivity contribution < 1.29 is 9.47 Å². The molecule has 5 nitrogen and oxygen atoms in total. The number of imidazole rings is 1. The van der Waals surface area contributed by atoms with E-state index in [2.05, 4.69) is 52.8 Å².